The van der Waals surface area contributed by atoms with Crippen molar-refractivity contribution >= 4 is 38.4 Å². The molecule has 0 unspecified atom stereocenters. The fraction of sp³-hybridized carbons (Fsp3) is 0.360. The van der Waals surface area contributed by atoms with Crippen LogP contribution >= 0.6 is 15.9 Å². The molecule has 1 spiro atoms. The second-order valence-electron chi connectivity index (χ2n) is 8.85. The van der Waals surface area contributed by atoms with Gasteiger partial charge in [-0.3, -0.25) is 4.79 Å². The average Bonchev–Trinajstić information content (AvgIpc) is 2.73. The number of hydrogen-bond donors (Lipinski definition) is 1. The molecule has 1 N–H and O–H groups in total. The zero-order valence-corrected chi connectivity index (χ0v) is 18.3. The molecule has 5 rings (SSSR count). The Morgan fingerprint density at radius 2 is 1.83 bits per heavy atom. The molecular formula is C25H24BrFN2O. The third-order valence-corrected chi connectivity index (χ3v) is 7.51. The maximum atomic E-state index is 14.0. The number of nitrogens with zero attached hydrogens (tertiary/aromatic N) is 1. The minimum absolute atomic E-state index is 0.0426. The number of hydrogen-bond acceptors (Lipinski definition) is 2. The summed E-state index contributed by atoms with van der Waals surface area (Å²) in [5.74, 6) is -0.244. The fourth-order valence-corrected chi connectivity index (χ4v) is 5.71. The second kappa shape index (κ2) is 7.77. The SMILES string of the molecule is O=C(Nc1cc(-c2ccccc2Br)nc2ccc(F)cc12)C1CC2(CCCCC2)C1. The van der Waals surface area contributed by atoms with Gasteiger partial charge < -0.3 is 5.32 Å². The topological polar surface area (TPSA) is 42.0 Å². The smallest absolute Gasteiger partial charge is 0.227 e. The summed E-state index contributed by atoms with van der Waals surface area (Å²) in [6, 6.07) is 14.2. The van der Waals surface area contributed by atoms with Crippen molar-refractivity contribution in [2.45, 2.75) is 44.9 Å². The van der Waals surface area contributed by atoms with Crippen LogP contribution < -0.4 is 5.32 Å². The summed E-state index contributed by atoms with van der Waals surface area (Å²) in [6.07, 6.45) is 8.38. The Kier molecular flexibility index (Phi) is 5.10. The van der Waals surface area contributed by atoms with Gasteiger partial charge >= 0.3 is 0 Å². The molecule has 1 heterocycles. The Bertz CT molecular complexity index is 1120. The van der Waals surface area contributed by atoms with E-state index in [1.807, 2.05) is 30.3 Å². The quantitative estimate of drug-likeness (QED) is 0.446. The van der Waals surface area contributed by atoms with E-state index < -0.39 is 0 Å². The van der Waals surface area contributed by atoms with Crippen LogP contribution in [0.3, 0.4) is 0 Å². The lowest BCUT2D eigenvalue weighted by Gasteiger charge is -2.49. The number of benzene rings is 2. The van der Waals surface area contributed by atoms with Gasteiger partial charge in [0.2, 0.25) is 5.91 Å². The molecule has 3 nitrogen and oxygen atoms in total. The zero-order valence-electron chi connectivity index (χ0n) is 16.8. The van der Waals surface area contributed by atoms with Crippen LogP contribution in [0.1, 0.15) is 44.9 Å². The minimum atomic E-state index is -0.335. The first-order valence-corrected chi connectivity index (χ1v) is 11.5. The van der Waals surface area contributed by atoms with E-state index in [1.165, 1.54) is 44.2 Å². The van der Waals surface area contributed by atoms with E-state index in [1.54, 1.807) is 6.07 Å². The van der Waals surface area contributed by atoms with Gasteiger partial charge in [-0.15, -0.1) is 0 Å². The van der Waals surface area contributed by atoms with Crippen molar-refractivity contribution in [3.05, 3.63) is 58.8 Å². The summed E-state index contributed by atoms with van der Waals surface area (Å²) < 4.78 is 14.9. The highest BCUT2D eigenvalue weighted by Gasteiger charge is 2.47. The lowest BCUT2D eigenvalue weighted by Crippen LogP contribution is -2.44. The van der Waals surface area contributed by atoms with Crippen LogP contribution in [0.2, 0.25) is 0 Å². The molecule has 0 aliphatic heterocycles. The highest BCUT2D eigenvalue weighted by Crippen LogP contribution is 2.55. The van der Waals surface area contributed by atoms with Gasteiger partial charge in [0.15, 0.2) is 0 Å². The van der Waals surface area contributed by atoms with Crippen LogP contribution in [-0.2, 0) is 4.79 Å². The molecule has 30 heavy (non-hydrogen) atoms. The molecule has 0 radical (unpaired) electrons. The number of anilines is 1. The third kappa shape index (κ3) is 3.64. The van der Waals surface area contributed by atoms with Gasteiger partial charge in [0.25, 0.3) is 0 Å². The predicted octanol–water partition coefficient (Wildman–Crippen LogP) is 7.10. The van der Waals surface area contributed by atoms with Crippen LogP contribution in [0.25, 0.3) is 22.2 Å². The molecule has 2 aromatic carbocycles. The highest BCUT2D eigenvalue weighted by molar-refractivity contribution is 9.10. The van der Waals surface area contributed by atoms with E-state index in [2.05, 4.69) is 21.2 Å². The maximum Gasteiger partial charge on any atom is 0.227 e. The lowest BCUT2D eigenvalue weighted by atomic mass is 9.55. The van der Waals surface area contributed by atoms with E-state index in [0.717, 1.165) is 28.6 Å². The molecule has 0 saturated heterocycles. The van der Waals surface area contributed by atoms with Crippen LogP contribution in [0, 0.1) is 17.2 Å². The van der Waals surface area contributed by atoms with Crippen molar-refractivity contribution in [2.24, 2.45) is 11.3 Å². The Balaban J connectivity index is 1.46. The summed E-state index contributed by atoms with van der Waals surface area (Å²) in [6.45, 7) is 0. The summed E-state index contributed by atoms with van der Waals surface area (Å²) in [5.41, 5.74) is 3.36. The summed E-state index contributed by atoms with van der Waals surface area (Å²) in [7, 11) is 0. The van der Waals surface area contributed by atoms with Crippen LogP contribution in [0.5, 0.6) is 0 Å². The molecule has 154 valence electrons. The third-order valence-electron chi connectivity index (χ3n) is 6.82. The Hall–Kier alpha value is -2.27. The fourth-order valence-electron chi connectivity index (χ4n) is 5.22. The first-order chi connectivity index (χ1) is 14.5. The first kappa shape index (κ1) is 19.7. The standard InChI is InChI=1S/C25H24BrFN2O/c26-20-7-3-2-6-18(20)22-13-23(19-12-17(27)8-9-21(19)28-22)29-24(30)16-14-25(15-16)10-4-1-5-11-25/h2-3,6-9,12-13,16H,1,4-5,10-11,14-15H2,(H,28,29,30). The van der Waals surface area contributed by atoms with Crippen LogP contribution in [0.4, 0.5) is 10.1 Å². The molecule has 2 fully saturated rings. The van der Waals surface area contributed by atoms with E-state index in [0.29, 0.717) is 22.0 Å². The molecule has 2 aliphatic carbocycles. The van der Waals surface area contributed by atoms with Crippen LogP contribution in [0.15, 0.2) is 53.0 Å². The highest BCUT2D eigenvalue weighted by atomic mass is 79.9. The van der Waals surface area contributed by atoms with Gasteiger partial charge in [-0.1, -0.05) is 53.4 Å². The number of fused-ring (bicyclic) bond motifs is 1. The number of aromatic nitrogens is 1. The number of halogens is 2. The zero-order chi connectivity index (χ0) is 20.7. The molecule has 2 saturated carbocycles. The molecule has 0 atom stereocenters. The van der Waals surface area contributed by atoms with Gasteiger partial charge in [-0.2, -0.15) is 0 Å². The molecular weight excluding hydrogens is 443 g/mol. The summed E-state index contributed by atoms with van der Waals surface area (Å²) in [4.78, 5) is 17.7. The Morgan fingerprint density at radius 1 is 1.07 bits per heavy atom. The van der Waals surface area contributed by atoms with E-state index in [4.69, 9.17) is 4.98 Å². The van der Waals surface area contributed by atoms with Gasteiger partial charge in [-0.25, -0.2) is 9.37 Å². The normalized spacial score (nSPS) is 18.3. The second-order valence-corrected chi connectivity index (χ2v) is 9.71. The van der Waals surface area contributed by atoms with Crippen molar-refractivity contribution in [3.8, 4) is 11.3 Å². The molecule has 3 aromatic rings. The molecule has 1 amide bonds. The number of nitrogens with one attached hydrogen (secondary N) is 1. The van der Waals surface area contributed by atoms with Gasteiger partial charge in [0.1, 0.15) is 5.82 Å². The summed E-state index contributed by atoms with van der Waals surface area (Å²) >= 11 is 3.58. The Morgan fingerprint density at radius 3 is 2.60 bits per heavy atom. The largest absolute Gasteiger partial charge is 0.325 e. The molecule has 0 bridgehead atoms. The lowest BCUT2D eigenvalue weighted by molar-refractivity contribution is -0.128. The van der Waals surface area contributed by atoms with Crippen molar-refractivity contribution in [1.82, 2.24) is 4.98 Å². The van der Waals surface area contributed by atoms with Crippen molar-refractivity contribution in [1.29, 1.82) is 0 Å². The van der Waals surface area contributed by atoms with Crippen molar-refractivity contribution < 1.29 is 9.18 Å². The number of carbonyl (C=O) groups is 1. The van der Waals surface area contributed by atoms with Gasteiger partial charge in [0.05, 0.1) is 16.9 Å². The predicted molar refractivity (Wildman–Crippen MR) is 122 cm³/mol. The van der Waals surface area contributed by atoms with Crippen molar-refractivity contribution in [3.63, 3.8) is 0 Å². The van der Waals surface area contributed by atoms with Crippen molar-refractivity contribution in [2.75, 3.05) is 5.32 Å². The maximum absolute atomic E-state index is 14.0. The minimum Gasteiger partial charge on any atom is -0.325 e. The molecule has 1 aromatic heterocycles. The first-order valence-electron chi connectivity index (χ1n) is 10.7. The molecule has 5 heteroatoms. The molecule has 2 aliphatic rings. The number of carbonyl (C=O) groups excluding carboxylic acids is 1. The van der Waals surface area contributed by atoms with E-state index in [-0.39, 0.29) is 17.6 Å². The number of rotatable bonds is 3. The van der Waals surface area contributed by atoms with Gasteiger partial charge in [0, 0.05) is 21.3 Å². The summed E-state index contributed by atoms with van der Waals surface area (Å²) in [5, 5.41) is 3.74. The average molecular weight is 467 g/mol. The monoisotopic (exact) mass is 466 g/mol. The number of pyridine rings is 1. The Labute approximate surface area is 184 Å². The number of amides is 1. The van der Waals surface area contributed by atoms with Gasteiger partial charge in [-0.05, 0) is 61.4 Å². The van der Waals surface area contributed by atoms with E-state index >= 15 is 0 Å². The van der Waals surface area contributed by atoms with Crippen LogP contribution in [-0.4, -0.2) is 10.9 Å². The van der Waals surface area contributed by atoms with E-state index in [9.17, 15) is 9.18 Å².